The average molecular weight is 242 g/mol. The highest BCUT2D eigenvalue weighted by atomic mass is 35.5. The van der Waals surface area contributed by atoms with Gasteiger partial charge in [-0.1, -0.05) is 11.6 Å². The van der Waals surface area contributed by atoms with Gasteiger partial charge in [-0.05, 0) is 17.7 Å². The summed E-state index contributed by atoms with van der Waals surface area (Å²) in [4.78, 5) is 20.8. The summed E-state index contributed by atoms with van der Waals surface area (Å²) in [6.45, 7) is 0. The van der Waals surface area contributed by atoms with Gasteiger partial charge in [-0.2, -0.15) is 0 Å². The monoisotopic (exact) mass is 241 g/mol. The molecular weight excluding hydrogens is 234 g/mol. The van der Waals surface area contributed by atoms with Crippen molar-refractivity contribution in [3.8, 4) is 0 Å². The Morgan fingerprint density at radius 3 is 2.75 bits per heavy atom. The zero-order chi connectivity index (χ0) is 12.1. The van der Waals surface area contributed by atoms with Crippen molar-refractivity contribution < 1.29 is 14.5 Å². The third-order valence-corrected chi connectivity index (χ3v) is 1.95. The normalized spacial score (nSPS) is 10.4. The SMILES string of the molecule is COC(=O)C=Cc1cc(Cl)cc([N+](=O)[O-])c1. The highest BCUT2D eigenvalue weighted by Gasteiger charge is 2.07. The molecule has 0 aliphatic rings. The molecule has 0 radical (unpaired) electrons. The van der Waals surface area contributed by atoms with Gasteiger partial charge in [0.1, 0.15) is 0 Å². The summed E-state index contributed by atoms with van der Waals surface area (Å²) in [5.74, 6) is -0.539. The molecule has 0 bridgehead atoms. The summed E-state index contributed by atoms with van der Waals surface area (Å²) in [6.07, 6.45) is 2.56. The number of rotatable bonds is 3. The first kappa shape index (κ1) is 12.2. The quantitative estimate of drug-likeness (QED) is 0.353. The maximum absolute atomic E-state index is 10.8. The Labute approximate surface area is 96.4 Å². The minimum absolute atomic E-state index is 0.128. The molecule has 0 aliphatic heterocycles. The maximum Gasteiger partial charge on any atom is 0.330 e. The first-order valence-electron chi connectivity index (χ1n) is 4.24. The van der Waals surface area contributed by atoms with Crippen LogP contribution in [-0.2, 0) is 9.53 Å². The van der Waals surface area contributed by atoms with E-state index >= 15 is 0 Å². The van der Waals surface area contributed by atoms with Crippen LogP contribution in [0.15, 0.2) is 24.3 Å². The van der Waals surface area contributed by atoms with Crippen LogP contribution in [0, 0.1) is 10.1 Å². The molecule has 0 amide bonds. The van der Waals surface area contributed by atoms with Crippen molar-refractivity contribution in [1.82, 2.24) is 0 Å². The molecule has 16 heavy (non-hydrogen) atoms. The Morgan fingerprint density at radius 2 is 2.19 bits per heavy atom. The van der Waals surface area contributed by atoms with Crippen molar-refractivity contribution in [2.75, 3.05) is 7.11 Å². The van der Waals surface area contributed by atoms with Gasteiger partial charge in [0.05, 0.1) is 12.0 Å². The Kier molecular flexibility index (Phi) is 4.02. The van der Waals surface area contributed by atoms with Crippen LogP contribution in [0.2, 0.25) is 5.02 Å². The molecule has 1 rings (SSSR count). The molecule has 0 atom stereocenters. The third-order valence-electron chi connectivity index (χ3n) is 1.73. The second-order valence-electron chi connectivity index (χ2n) is 2.86. The molecule has 0 fully saturated rings. The molecule has 0 N–H and O–H groups in total. The number of nitro benzene ring substituents is 1. The number of ether oxygens (including phenoxy) is 1. The summed E-state index contributed by atoms with van der Waals surface area (Å²) < 4.78 is 4.39. The van der Waals surface area contributed by atoms with E-state index in [-0.39, 0.29) is 10.7 Å². The number of carbonyl (C=O) groups excluding carboxylic acids is 1. The molecule has 1 aromatic carbocycles. The highest BCUT2D eigenvalue weighted by Crippen LogP contribution is 2.21. The molecule has 6 heteroatoms. The minimum atomic E-state index is -0.554. The second kappa shape index (κ2) is 5.27. The van der Waals surface area contributed by atoms with Crippen molar-refractivity contribution >= 4 is 29.3 Å². The lowest BCUT2D eigenvalue weighted by Crippen LogP contribution is -1.93. The van der Waals surface area contributed by atoms with E-state index in [0.717, 1.165) is 6.08 Å². The topological polar surface area (TPSA) is 69.4 Å². The van der Waals surface area contributed by atoms with Crippen LogP contribution < -0.4 is 0 Å². The predicted octanol–water partition coefficient (Wildman–Crippen LogP) is 2.43. The van der Waals surface area contributed by atoms with E-state index in [0.29, 0.717) is 5.56 Å². The number of hydrogen-bond acceptors (Lipinski definition) is 4. The van der Waals surface area contributed by atoms with Crippen molar-refractivity contribution in [2.24, 2.45) is 0 Å². The van der Waals surface area contributed by atoms with Crippen LogP contribution in [0.25, 0.3) is 6.08 Å². The Hall–Kier alpha value is -1.88. The van der Waals surface area contributed by atoms with E-state index in [1.165, 1.54) is 31.4 Å². The fraction of sp³-hybridized carbons (Fsp3) is 0.100. The molecule has 0 unspecified atom stereocenters. The number of esters is 1. The van der Waals surface area contributed by atoms with Crippen LogP contribution >= 0.6 is 11.6 Å². The van der Waals surface area contributed by atoms with Gasteiger partial charge in [0.15, 0.2) is 0 Å². The number of carbonyl (C=O) groups is 1. The summed E-state index contributed by atoms with van der Waals surface area (Å²) in [5, 5.41) is 10.8. The largest absolute Gasteiger partial charge is 0.466 e. The van der Waals surface area contributed by atoms with Gasteiger partial charge in [-0.25, -0.2) is 4.79 Å². The fourth-order valence-electron chi connectivity index (χ4n) is 1.03. The average Bonchev–Trinajstić information content (AvgIpc) is 2.25. The molecule has 0 saturated carbocycles. The summed E-state index contributed by atoms with van der Waals surface area (Å²) >= 11 is 5.69. The molecule has 5 nitrogen and oxygen atoms in total. The smallest absolute Gasteiger partial charge is 0.330 e. The number of nitrogens with zero attached hydrogens (tertiary/aromatic N) is 1. The van der Waals surface area contributed by atoms with Crippen LogP contribution in [0.4, 0.5) is 5.69 Å². The van der Waals surface area contributed by atoms with Crippen LogP contribution in [0.3, 0.4) is 0 Å². The van der Waals surface area contributed by atoms with Crippen molar-refractivity contribution in [3.63, 3.8) is 0 Å². The van der Waals surface area contributed by atoms with Gasteiger partial charge in [0.2, 0.25) is 0 Å². The summed E-state index contributed by atoms with van der Waals surface area (Å²) in [7, 11) is 1.24. The number of halogens is 1. The van der Waals surface area contributed by atoms with Gasteiger partial charge in [0, 0.05) is 23.2 Å². The first-order valence-corrected chi connectivity index (χ1v) is 4.61. The van der Waals surface area contributed by atoms with Crippen molar-refractivity contribution in [3.05, 3.63) is 45.0 Å². The van der Waals surface area contributed by atoms with E-state index in [1.807, 2.05) is 0 Å². The molecule has 0 saturated heterocycles. The van der Waals surface area contributed by atoms with Gasteiger partial charge in [-0.15, -0.1) is 0 Å². The van der Waals surface area contributed by atoms with Gasteiger partial charge in [-0.3, -0.25) is 10.1 Å². The molecule has 0 aliphatic carbocycles. The minimum Gasteiger partial charge on any atom is -0.466 e. The lowest BCUT2D eigenvalue weighted by molar-refractivity contribution is -0.384. The van der Waals surface area contributed by atoms with E-state index < -0.39 is 10.9 Å². The lowest BCUT2D eigenvalue weighted by atomic mass is 10.2. The van der Waals surface area contributed by atoms with Gasteiger partial charge < -0.3 is 4.74 Å². The van der Waals surface area contributed by atoms with Crippen LogP contribution in [0.1, 0.15) is 5.56 Å². The van der Waals surface area contributed by atoms with E-state index in [4.69, 9.17) is 11.6 Å². The standard InChI is InChI=1S/C10H8ClNO4/c1-16-10(13)3-2-7-4-8(11)6-9(5-7)12(14)15/h2-6H,1H3. The highest BCUT2D eigenvalue weighted by molar-refractivity contribution is 6.31. The fourth-order valence-corrected chi connectivity index (χ4v) is 1.27. The zero-order valence-corrected chi connectivity index (χ0v) is 9.10. The van der Waals surface area contributed by atoms with Crippen molar-refractivity contribution in [1.29, 1.82) is 0 Å². The first-order chi connectivity index (χ1) is 7.52. The zero-order valence-electron chi connectivity index (χ0n) is 8.34. The Morgan fingerprint density at radius 1 is 1.50 bits per heavy atom. The number of methoxy groups -OCH3 is 1. The van der Waals surface area contributed by atoms with Gasteiger partial charge in [0.25, 0.3) is 5.69 Å². The van der Waals surface area contributed by atoms with E-state index in [1.54, 1.807) is 0 Å². The lowest BCUT2D eigenvalue weighted by Gasteiger charge is -1.96. The van der Waals surface area contributed by atoms with E-state index in [2.05, 4.69) is 4.74 Å². The van der Waals surface area contributed by atoms with Crippen LogP contribution in [0.5, 0.6) is 0 Å². The number of non-ortho nitro benzene ring substituents is 1. The Bertz CT molecular complexity index is 456. The second-order valence-corrected chi connectivity index (χ2v) is 3.29. The Balaban J connectivity index is 3.01. The summed E-state index contributed by atoms with van der Waals surface area (Å²) in [5.41, 5.74) is 0.335. The molecule has 84 valence electrons. The number of nitro groups is 1. The third kappa shape index (κ3) is 3.36. The predicted molar refractivity (Wildman–Crippen MR) is 59.2 cm³/mol. The maximum atomic E-state index is 10.8. The summed E-state index contributed by atoms with van der Waals surface area (Å²) in [6, 6.07) is 4.05. The molecular formula is C10H8ClNO4. The van der Waals surface area contributed by atoms with E-state index in [9.17, 15) is 14.9 Å². The van der Waals surface area contributed by atoms with Crippen LogP contribution in [-0.4, -0.2) is 18.0 Å². The molecule has 0 aromatic heterocycles. The number of benzene rings is 1. The molecule has 1 aromatic rings. The van der Waals surface area contributed by atoms with Gasteiger partial charge >= 0.3 is 5.97 Å². The van der Waals surface area contributed by atoms with Crippen molar-refractivity contribution in [2.45, 2.75) is 0 Å². The number of hydrogen-bond donors (Lipinski definition) is 0. The molecule has 0 heterocycles. The molecule has 0 spiro atoms.